The molecule has 2 saturated heterocycles. The quantitative estimate of drug-likeness (QED) is 0.515. The van der Waals surface area contributed by atoms with Crippen LogP contribution in [0.5, 0.6) is 0 Å². The fourth-order valence-electron chi connectivity index (χ4n) is 5.36. The number of alkyl halides is 3. The summed E-state index contributed by atoms with van der Waals surface area (Å²) in [5.41, 5.74) is -0.0173. The van der Waals surface area contributed by atoms with Gasteiger partial charge in [0, 0.05) is 38.1 Å². The van der Waals surface area contributed by atoms with Crippen molar-refractivity contribution in [1.82, 2.24) is 9.80 Å². The molecule has 0 aromatic heterocycles. The third-order valence-electron chi connectivity index (χ3n) is 7.45. The molecule has 36 heavy (non-hydrogen) atoms. The molecular formula is C27H37F3N2O4. The molecule has 6 nitrogen and oxygen atoms in total. The summed E-state index contributed by atoms with van der Waals surface area (Å²) in [7, 11) is 0. The Kier molecular flexibility index (Phi) is 9.30. The number of likely N-dealkylation sites (tertiary alicyclic amines) is 2. The number of rotatable bonds is 8. The zero-order chi connectivity index (χ0) is 25.5. The van der Waals surface area contributed by atoms with Gasteiger partial charge in [-0.1, -0.05) is 18.6 Å². The number of hydrogen-bond acceptors (Lipinski definition) is 5. The molecule has 0 bridgehead atoms. The van der Waals surface area contributed by atoms with E-state index < -0.39 is 18.0 Å². The van der Waals surface area contributed by atoms with Crippen molar-refractivity contribution < 1.29 is 32.5 Å². The van der Waals surface area contributed by atoms with Gasteiger partial charge >= 0.3 is 6.18 Å². The van der Waals surface area contributed by atoms with E-state index in [1.165, 1.54) is 31.4 Å². The number of ether oxygens (including phenoxy) is 2. The number of piperidine rings is 2. The Morgan fingerprint density at radius 3 is 2.36 bits per heavy atom. The summed E-state index contributed by atoms with van der Waals surface area (Å²) in [6.07, 6.45) is 3.95. The Balaban J connectivity index is 1.44. The summed E-state index contributed by atoms with van der Waals surface area (Å²) in [5.74, 6) is -0.281. The van der Waals surface area contributed by atoms with Crippen LogP contribution in [0.15, 0.2) is 36.1 Å². The number of carbonyl (C=O) groups is 1. The highest BCUT2D eigenvalue weighted by Gasteiger charge is 2.35. The second-order valence-electron chi connectivity index (χ2n) is 9.96. The highest BCUT2D eigenvalue weighted by atomic mass is 19.4. The first-order valence-corrected chi connectivity index (χ1v) is 13.2. The maximum atomic E-state index is 13.4. The van der Waals surface area contributed by atoms with Gasteiger partial charge in [-0.3, -0.25) is 4.79 Å². The lowest BCUT2D eigenvalue weighted by Gasteiger charge is -2.40. The Morgan fingerprint density at radius 2 is 1.72 bits per heavy atom. The fourth-order valence-corrected chi connectivity index (χ4v) is 5.36. The first-order chi connectivity index (χ1) is 17.3. The van der Waals surface area contributed by atoms with Crippen LogP contribution in [0, 0.1) is 0 Å². The van der Waals surface area contributed by atoms with E-state index in [9.17, 15) is 18.0 Å². The smallest absolute Gasteiger partial charge is 0.416 e. The molecule has 9 heteroatoms. The molecule has 3 aliphatic rings. The lowest BCUT2D eigenvalue weighted by Crippen LogP contribution is -2.49. The lowest BCUT2D eigenvalue weighted by molar-refractivity contribution is -0.153. The van der Waals surface area contributed by atoms with Crippen LogP contribution in [0.4, 0.5) is 13.2 Å². The zero-order valence-corrected chi connectivity index (χ0v) is 20.7. The van der Waals surface area contributed by atoms with Gasteiger partial charge in [-0.15, -0.1) is 0 Å². The van der Waals surface area contributed by atoms with Gasteiger partial charge in [-0.25, -0.2) is 0 Å². The summed E-state index contributed by atoms with van der Waals surface area (Å²) >= 11 is 0. The Bertz CT molecular complexity index is 876. The van der Waals surface area contributed by atoms with Crippen molar-refractivity contribution in [1.29, 1.82) is 0 Å². The molecular weight excluding hydrogens is 473 g/mol. The standard InChI is InChI=1S/C27H37F3N2O4/c28-27(29,30)22-8-6-20(7-9-22)21-18-24(36-25(19-21)35-17-5-4-16-33)26(34)32-14-10-23(11-15-32)31-12-2-1-3-13-31/h6-9,18,21,23,25,33H,1-5,10-17,19H2/t21-,25+/m0/s1. The normalized spacial score (nSPS) is 24.3. The number of unbranched alkanes of at least 4 members (excludes halogenated alkanes) is 1. The molecule has 3 heterocycles. The molecule has 0 radical (unpaired) electrons. The molecule has 1 N–H and O–H groups in total. The largest absolute Gasteiger partial charge is 0.459 e. The molecule has 0 saturated carbocycles. The van der Waals surface area contributed by atoms with Gasteiger partial charge in [0.1, 0.15) is 0 Å². The molecule has 0 aliphatic carbocycles. The number of halogens is 3. The van der Waals surface area contributed by atoms with Gasteiger partial charge in [0.2, 0.25) is 6.29 Å². The molecule has 1 aromatic rings. The summed E-state index contributed by atoms with van der Waals surface area (Å²) in [6, 6.07) is 5.58. The minimum absolute atomic E-state index is 0.0695. The number of amides is 1. The SMILES string of the molecule is O=C(C1=C[C@H](c2ccc(C(F)(F)F)cc2)C[C@H](OCCCCO)O1)N1CCC(N2CCCCC2)CC1. The third-order valence-corrected chi connectivity index (χ3v) is 7.45. The number of aliphatic hydroxyl groups excluding tert-OH is 1. The van der Waals surface area contributed by atoms with Crippen molar-refractivity contribution in [2.24, 2.45) is 0 Å². The highest BCUT2D eigenvalue weighted by molar-refractivity contribution is 5.91. The first kappa shape index (κ1) is 26.9. The maximum Gasteiger partial charge on any atom is 0.416 e. The van der Waals surface area contributed by atoms with Crippen LogP contribution < -0.4 is 0 Å². The van der Waals surface area contributed by atoms with E-state index in [4.69, 9.17) is 14.6 Å². The van der Waals surface area contributed by atoms with Gasteiger partial charge in [0.25, 0.3) is 5.91 Å². The molecule has 1 amide bonds. The summed E-state index contributed by atoms with van der Waals surface area (Å²) in [4.78, 5) is 17.8. The average molecular weight is 511 g/mol. The second kappa shape index (κ2) is 12.4. The Morgan fingerprint density at radius 1 is 1.03 bits per heavy atom. The average Bonchev–Trinajstić information content (AvgIpc) is 2.91. The van der Waals surface area contributed by atoms with Crippen LogP contribution in [-0.4, -0.2) is 72.5 Å². The van der Waals surface area contributed by atoms with Gasteiger partial charge in [0.15, 0.2) is 5.76 Å². The molecule has 200 valence electrons. The van der Waals surface area contributed by atoms with Crippen molar-refractivity contribution in [2.45, 2.75) is 75.8 Å². The maximum absolute atomic E-state index is 13.4. The summed E-state index contributed by atoms with van der Waals surface area (Å²) in [6.45, 7) is 4.03. The molecule has 2 atom stereocenters. The number of aliphatic hydroxyl groups is 1. The van der Waals surface area contributed by atoms with E-state index in [1.54, 1.807) is 6.08 Å². The van der Waals surface area contributed by atoms with Crippen LogP contribution in [-0.2, 0) is 20.4 Å². The Labute approximate surface area is 211 Å². The number of hydrogen-bond donors (Lipinski definition) is 1. The second-order valence-corrected chi connectivity index (χ2v) is 9.96. The molecule has 4 rings (SSSR count). The van der Waals surface area contributed by atoms with Crippen LogP contribution in [0.25, 0.3) is 0 Å². The molecule has 3 aliphatic heterocycles. The zero-order valence-electron chi connectivity index (χ0n) is 20.7. The number of allylic oxidation sites excluding steroid dienone is 1. The van der Waals surface area contributed by atoms with E-state index >= 15 is 0 Å². The predicted molar refractivity (Wildman–Crippen MR) is 129 cm³/mol. The highest BCUT2D eigenvalue weighted by Crippen LogP contribution is 2.35. The monoisotopic (exact) mass is 510 g/mol. The molecule has 0 spiro atoms. The van der Waals surface area contributed by atoms with E-state index in [2.05, 4.69) is 4.90 Å². The first-order valence-electron chi connectivity index (χ1n) is 13.2. The van der Waals surface area contributed by atoms with E-state index in [0.29, 0.717) is 50.6 Å². The number of nitrogens with zero attached hydrogens (tertiary/aromatic N) is 2. The molecule has 2 fully saturated rings. The van der Waals surface area contributed by atoms with Crippen molar-refractivity contribution in [3.8, 4) is 0 Å². The lowest BCUT2D eigenvalue weighted by atomic mass is 9.92. The van der Waals surface area contributed by atoms with E-state index in [1.807, 2.05) is 4.90 Å². The minimum atomic E-state index is -4.40. The fraction of sp³-hybridized carbons (Fsp3) is 0.667. The number of benzene rings is 1. The van der Waals surface area contributed by atoms with Crippen molar-refractivity contribution >= 4 is 5.91 Å². The van der Waals surface area contributed by atoms with Gasteiger partial charge in [-0.2, -0.15) is 13.2 Å². The third kappa shape index (κ3) is 7.01. The Hall–Kier alpha value is -2.10. The van der Waals surface area contributed by atoms with Crippen LogP contribution >= 0.6 is 0 Å². The topological polar surface area (TPSA) is 62.2 Å². The minimum Gasteiger partial charge on any atom is -0.459 e. The molecule has 1 aromatic carbocycles. The van der Waals surface area contributed by atoms with Crippen molar-refractivity contribution in [2.75, 3.05) is 39.4 Å². The number of carbonyl (C=O) groups excluding carboxylic acids is 1. The van der Waals surface area contributed by atoms with E-state index in [0.717, 1.165) is 38.1 Å². The van der Waals surface area contributed by atoms with E-state index in [-0.39, 0.29) is 24.2 Å². The molecule has 0 unspecified atom stereocenters. The van der Waals surface area contributed by atoms with Crippen molar-refractivity contribution in [3.63, 3.8) is 0 Å². The van der Waals surface area contributed by atoms with Gasteiger partial charge in [-0.05, 0) is 75.4 Å². The van der Waals surface area contributed by atoms with Crippen molar-refractivity contribution in [3.05, 3.63) is 47.2 Å². The summed E-state index contributed by atoms with van der Waals surface area (Å²) in [5, 5.41) is 9.01. The predicted octanol–water partition coefficient (Wildman–Crippen LogP) is 4.69. The van der Waals surface area contributed by atoms with Gasteiger partial charge in [0.05, 0.1) is 12.2 Å². The van der Waals surface area contributed by atoms with Crippen LogP contribution in [0.3, 0.4) is 0 Å². The van der Waals surface area contributed by atoms with Crippen LogP contribution in [0.2, 0.25) is 0 Å². The van der Waals surface area contributed by atoms with Gasteiger partial charge < -0.3 is 24.4 Å². The van der Waals surface area contributed by atoms with Crippen LogP contribution in [0.1, 0.15) is 68.4 Å². The summed E-state index contributed by atoms with van der Waals surface area (Å²) < 4.78 is 50.9.